The van der Waals surface area contributed by atoms with E-state index in [1.54, 1.807) is 24.3 Å². The van der Waals surface area contributed by atoms with Crippen LogP contribution in [0.3, 0.4) is 0 Å². The zero-order chi connectivity index (χ0) is 19.0. The standard InChI is InChI=1S/C19H27N3O3S/c1-4-5-6-13-20-19-12-7-16(14-21-19)22-26(23,24)18-10-8-17(9-11-18)25-15(2)3/h7-12,14-15,22H,4-6,13H2,1-3H3,(H,20,21). The number of hydrogen-bond donors (Lipinski definition) is 2. The fourth-order valence-corrected chi connectivity index (χ4v) is 3.38. The summed E-state index contributed by atoms with van der Waals surface area (Å²) in [7, 11) is -3.66. The minimum Gasteiger partial charge on any atom is -0.491 e. The average molecular weight is 378 g/mol. The summed E-state index contributed by atoms with van der Waals surface area (Å²) >= 11 is 0. The Labute approximate surface area is 156 Å². The molecule has 1 aromatic carbocycles. The van der Waals surface area contributed by atoms with Crippen molar-refractivity contribution in [3.8, 4) is 5.75 Å². The van der Waals surface area contributed by atoms with Gasteiger partial charge in [0.1, 0.15) is 11.6 Å². The van der Waals surface area contributed by atoms with Gasteiger partial charge < -0.3 is 10.1 Å². The molecule has 0 atom stereocenters. The smallest absolute Gasteiger partial charge is 0.261 e. The van der Waals surface area contributed by atoms with E-state index < -0.39 is 10.0 Å². The maximum absolute atomic E-state index is 12.5. The lowest BCUT2D eigenvalue weighted by Crippen LogP contribution is -2.13. The van der Waals surface area contributed by atoms with Crippen molar-refractivity contribution >= 4 is 21.5 Å². The van der Waals surface area contributed by atoms with Crippen LogP contribution in [0, 0.1) is 0 Å². The normalized spacial score (nSPS) is 11.4. The lowest BCUT2D eigenvalue weighted by Gasteiger charge is -2.11. The molecule has 1 aromatic heterocycles. The first-order valence-electron chi connectivity index (χ1n) is 8.90. The molecule has 7 heteroatoms. The van der Waals surface area contributed by atoms with E-state index in [4.69, 9.17) is 4.74 Å². The van der Waals surface area contributed by atoms with E-state index in [9.17, 15) is 8.42 Å². The van der Waals surface area contributed by atoms with Gasteiger partial charge in [0, 0.05) is 6.54 Å². The van der Waals surface area contributed by atoms with Crippen LogP contribution in [0.4, 0.5) is 11.5 Å². The van der Waals surface area contributed by atoms with E-state index in [-0.39, 0.29) is 11.0 Å². The molecule has 0 aliphatic heterocycles. The predicted octanol–water partition coefficient (Wildman–Crippen LogP) is 4.27. The van der Waals surface area contributed by atoms with Gasteiger partial charge in [-0.3, -0.25) is 4.72 Å². The number of benzene rings is 1. The Morgan fingerprint density at radius 3 is 2.38 bits per heavy atom. The average Bonchev–Trinajstić information content (AvgIpc) is 2.60. The van der Waals surface area contributed by atoms with Crippen LogP contribution < -0.4 is 14.8 Å². The highest BCUT2D eigenvalue weighted by Gasteiger charge is 2.14. The molecular formula is C19H27N3O3S. The Bertz CT molecular complexity index is 773. The van der Waals surface area contributed by atoms with Crippen LogP contribution in [-0.4, -0.2) is 26.1 Å². The Morgan fingerprint density at radius 1 is 1.08 bits per heavy atom. The molecule has 1 heterocycles. The second-order valence-corrected chi connectivity index (χ2v) is 7.99. The van der Waals surface area contributed by atoms with E-state index in [1.807, 2.05) is 13.8 Å². The molecule has 0 bridgehead atoms. The summed E-state index contributed by atoms with van der Waals surface area (Å²) in [5.41, 5.74) is 0.423. The van der Waals surface area contributed by atoms with Crippen LogP contribution in [0.15, 0.2) is 47.5 Å². The monoisotopic (exact) mass is 377 g/mol. The molecule has 0 spiro atoms. The van der Waals surface area contributed by atoms with E-state index in [1.165, 1.54) is 31.2 Å². The maximum atomic E-state index is 12.5. The van der Waals surface area contributed by atoms with Crippen molar-refractivity contribution in [2.24, 2.45) is 0 Å². The number of ether oxygens (including phenoxy) is 1. The van der Waals surface area contributed by atoms with Gasteiger partial charge in [0.15, 0.2) is 0 Å². The van der Waals surface area contributed by atoms with Gasteiger partial charge in [-0.15, -0.1) is 0 Å². The highest BCUT2D eigenvalue weighted by molar-refractivity contribution is 7.92. The van der Waals surface area contributed by atoms with Crippen molar-refractivity contribution in [1.29, 1.82) is 0 Å². The van der Waals surface area contributed by atoms with Crippen LogP contribution in [0.2, 0.25) is 0 Å². The molecule has 0 aliphatic carbocycles. The van der Waals surface area contributed by atoms with E-state index >= 15 is 0 Å². The number of anilines is 2. The zero-order valence-electron chi connectivity index (χ0n) is 15.5. The molecular weight excluding hydrogens is 350 g/mol. The number of nitrogens with zero attached hydrogens (tertiary/aromatic N) is 1. The van der Waals surface area contributed by atoms with Gasteiger partial charge in [-0.1, -0.05) is 19.8 Å². The first-order chi connectivity index (χ1) is 12.4. The summed E-state index contributed by atoms with van der Waals surface area (Å²) in [4.78, 5) is 4.42. The second kappa shape index (κ2) is 9.43. The largest absolute Gasteiger partial charge is 0.491 e. The number of unbranched alkanes of at least 4 members (excludes halogenated alkanes) is 2. The van der Waals surface area contributed by atoms with Crippen LogP contribution in [0.25, 0.3) is 0 Å². The fourth-order valence-electron chi connectivity index (χ4n) is 2.33. The highest BCUT2D eigenvalue weighted by atomic mass is 32.2. The van der Waals surface area contributed by atoms with Gasteiger partial charge in [0.2, 0.25) is 0 Å². The summed E-state index contributed by atoms with van der Waals surface area (Å²) in [6, 6.07) is 9.81. The van der Waals surface area contributed by atoms with Gasteiger partial charge >= 0.3 is 0 Å². The molecule has 0 saturated heterocycles. The molecule has 0 unspecified atom stereocenters. The van der Waals surface area contributed by atoms with E-state index in [2.05, 4.69) is 21.9 Å². The van der Waals surface area contributed by atoms with Gasteiger partial charge in [-0.2, -0.15) is 0 Å². The third-order valence-corrected chi connectivity index (χ3v) is 5.01. The fraction of sp³-hybridized carbons (Fsp3) is 0.421. The van der Waals surface area contributed by atoms with Gasteiger partial charge in [-0.25, -0.2) is 13.4 Å². The first kappa shape index (κ1) is 20.0. The molecule has 0 saturated carbocycles. The van der Waals surface area contributed by atoms with Crippen molar-refractivity contribution in [1.82, 2.24) is 4.98 Å². The summed E-state index contributed by atoms with van der Waals surface area (Å²) < 4.78 is 33.0. The zero-order valence-corrected chi connectivity index (χ0v) is 16.3. The van der Waals surface area contributed by atoms with Crippen LogP contribution in [-0.2, 0) is 10.0 Å². The Hall–Kier alpha value is -2.28. The SMILES string of the molecule is CCCCCNc1ccc(NS(=O)(=O)c2ccc(OC(C)C)cc2)cn1. The van der Waals surface area contributed by atoms with Crippen molar-refractivity contribution in [2.75, 3.05) is 16.6 Å². The van der Waals surface area contributed by atoms with Crippen molar-refractivity contribution in [3.63, 3.8) is 0 Å². The third-order valence-electron chi connectivity index (χ3n) is 3.61. The van der Waals surface area contributed by atoms with E-state index in [0.717, 1.165) is 18.8 Å². The lowest BCUT2D eigenvalue weighted by atomic mass is 10.2. The number of pyridine rings is 1. The molecule has 0 fully saturated rings. The Balaban J connectivity index is 1.97. The minimum atomic E-state index is -3.66. The molecule has 142 valence electrons. The summed E-state index contributed by atoms with van der Waals surface area (Å²) in [5, 5.41) is 3.22. The summed E-state index contributed by atoms with van der Waals surface area (Å²) in [6.07, 6.45) is 4.97. The molecule has 2 N–H and O–H groups in total. The number of sulfonamides is 1. The maximum Gasteiger partial charge on any atom is 0.261 e. The van der Waals surface area contributed by atoms with Crippen molar-refractivity contribution in [3.05, 3.63) is 42.6 Å². The van der Waals surface area contributed by atoms with Crippen LogP contribution in [0.1, 0.15) is 40.0 Å². The third kappa shape index (κ3) is 6.22. The molecule has 2 rings (SSSR count). The molecule has 0 aliphatic rings. The van der Waals surface area contributed by atoms with Crippen LogP contribution in [0.5, 0.6) is 5.75 Å². The van der Waals surface area contributed by atoms with Gasteiger partial charge in [0.05, 0.1) is 22.9 Å². The topological polar surface area (TPSA) is 80.3 Å². The molecule has 2 aromatic rings. The van der Waals surface area contributed by atoms with Gasteiger partial charge in [-0.05, 0) is 56.7 Å². The molecule has 0 radical (unpaired) electrons. The van der Waals surface area contributed by atoms with Crippen molar-refractivity contribution in [2.45, 2.75) is 51.0 Å². The van der Waals surface area contributed by atoms with E-state index in [0.29, 0.717) is 11.4 Å². The quantitative estimate of drug-likeness (QED) is 0.604. The number of aromatic nitrogens is 1. The second-order valence-electron chi connectivity index (χ2n) is 6.31. The lowest BCUT2D eigenvalue weighted by molar-refractivity contribution is 0.242. The van der Waals surface area contributed by atoms with Crippen LogP contribution >= 0.6 is 0 Å². The minimum absolute atomic E-state index is 0.0377. The Kier molecular flexibility index (Phi) is 7.26. The summed E-state index contributed by atoms with van der Waals surface area (Å²) in [5.74, 6) is 1.37. The number of hydrogen-bond acceptors (Lipinski definition) is 5. The highest BCUT2D eigenvalue weighted by Crippen LogP contribution is 2.20. The molecule has 26 heavy (non-hydrogen) atoms. The predicted molar refractivity (Wildman–Crippen MR) is 105 cm³/mol. The van der Waals surface area contributed by atoms with Gasteiger partial charge in [0.25, 0.3) is 10.0 Å². The number of rotatable bonds is 10. The first-order valence-corrected chi connectivity index (χ1v) is 10.4. The summed E-state index contributed by atoms with van der Waals surface area (Å²) in [6.45, 7) is 6.85. The van der Waals surface area contributed by atoms with Crippen molar-refractivity contribution < 1.29 is 13.2 Å². The number of nitrogens with one attached hydrogen (secondary N) is 2. The molecule has 0 amide bonds. The Morgan fingerprint density at radius 2 is 1.81 bits per heavy atom. The molecule has 6 nitrogen and oxygen atoms in total.